The third kappa shape index (κ3) is 6.67. The van der Waals surface area contributed by atoms with Crippen molar-refractivity contribution in [1.82, 2.24) is 4.98 Å². The highest BCUT2D eigenvalue weighted by atomic mass is 79.9. The van der Waals surface area contributed by atoms with Gasteiger partial charge in [0.05, 0.1) is 0 Å². The number of pyridine rings is 1. The number of halogens is 1. The molecule has 84 valence electrons. The Bertz CT molecular complexity index is 236. The fourth-order valence-electron chi connectivity index (χ4n) is 1.68. The lowest BCUT2D eigenvalue weighted by atomic mass is 10.1. The maximum Gasteiger partial charge on any atom is 0.0270 e. The van der Waals surface area contributed by atoms with Crippen LogP contribution in [0.1, 0.15) is 44.1 Å². The highest BCUT2D eigenvalue weighted by molar-refractivity contribution is 9.09. The molecule has 0 aliphatic rings. The van der Waals surface area contributed by atoms with E-state index in [9.17, 15) is 0 Å². The second kappa shape index (κ2) is 8.90. The molecule has 0 aromatic carbocycles. The van der Waals surface area contributed by atoms with Gasteiger partial charge in [0.2, 0.25) is 0 Å². The zero-order valence-corrected chi connectivity index (χ0v) is 10.9. The van der Waals surface area contributed by atoms with Gasteiger partial charge in [-0.15, -0.1) is 0 Å². The maximum atomic E-state index is 4.02. The second-order valence-corrected chi connectivity index (χ2v) is 4.71. The zero-order chi connectivity index (χ0) is 10.8. The summed E-state index contributed by atoms with van der Waals surface area (Å²) in [6, 6.07) is 4.23. The van der Waals surface area contributed by atoms with Crippen LogP contribution in [-0.4, -0.2) is 10.3 Å². The largest absolute Gasteiger partial charge is 0.265 e. The second-order valence-electron chi connectivity index (χ2n) is 3.92. The summed E-state index contributed by atoms with van der Waals surface area (Å²) in [5.41, 5.74) is 1.42. The van der Waals surface area contributed by atoms with Crippen LogP contribution in [0.15, 0.2) is 24.5 Å². The first-order valence-electron chi connectivity index (χ1n) is 5.88. The van der Waals surface area contributed by atoms with Gasteiger partial charge in [-0.3, -0.25) is 4.98 Å². The van der Waals surface area contributed by atoms with Gasteiger partial charge in [-0.2, -0.15) is 0 Å². The third-order valence-electron chi connectivity index (χ3n) is 2.60. The summed E-state index contributed by atoms with van der Waals surface area (Å²) in [7, 11) is 0. The van der Waals surface area contributed by atoms with Gasteiger partial charge in [-0.05, 0) is 37.0 Å². The molecule has 0 unspecified atom stereocenters. The highest BCUT2D eigenvalue weighted by Gasteiger charge is 1.93. The molecule has 0 fully saturated rings. The predicted molar refractivity (Wildman–Crippen MR) is 69.4 cm³/mol. The van der Waals surface area contributed by atoms with Crippen molar-refractivity contribution < 1.29 is 0 Å². The van der Waals surface area contributed by atoms with Crippen LogP contribution in [0.4, 0.5) is 0 Å². The summed E-state index contributed by atoms with van der Waals surface area (Å²) >= 11 is 3.46. The lowest BCUT2D eigenvalue weighted by Crippen LogP contribution is -1.86. The van der Waals surface area contributed by atoms with E-state index in [1.807, 2.05) is 12.4 Å². The van der Waals surface area contributed by atoms with Gasteiger partial charge in [0.15, 0.2) is 0 Å². The van der Waals surface area contributed by atoms with Gasteiger partial charge in [0.1, 0.15) is 0 Å². The van der Waals surface area contributed by atoms with Crippen LogP contribution in [0.25, 0.3) is 0 Å². The Morgan fingerprint density at radius 1 is 0.867 bits per heavy atom. The van der Waals surface area contributed by atoms with Crippen molar-refractivity contribution in [3.05, 3.63) is 30.1 Å². The van der Waals surface area contributed by atoms with Crippen molar-refractivity contribution in [3.8, 4) is 0 Å². The summed E-state index contributed by atoms with van der Waals surface area (Å²) in [4.78, 5) is 4.02. The standard InChI is InChI=1S/C13H20BrN/c14-10-6-4-2-1-3-5-7-13-8-11-15-12-9-13/h8-9,11-12H,1-7,10H2. The molecule has 0 radical (unpaired) electrons. The SMILES string of the molecule is BrCCCCCCCCc1ccncc1. The smallest absolute Gasteiger partial charge is 0.0270 e. The van der Waals surface area contributed by atoms with E-state index in [0.717, 1.165) is 5.33 Å². The minimum Gasteiger partial charge on any atom is -0.265 e. The summed E-state index contributed by atoms with van der Waals surface area (Å²) in [6.07, 6.45) is 13.1. The molecular formula is C13H20BrN. The number of aryl methyl sites for hydroxylation is 1. The van der Waals surface area contributed by atoms with Crippen LogP contribution < -0.4 is 0 Å². The average Bonchev–Trinajstić information content (AvgIpc) is 2.29. The van der Waals surface area contributed by atoms with E-state index in [4.69, 9.17) is 0 Å². The topological polar surface area (TPSA) is 12.9 Å². The molecule has 2 heteroatoms. The van der Waals surface area contributed by atoms with E-state index < -0.39 is 0 Å². The van der Waals surface area contributed by atoms with Gasteiger partial charge in [0.25, 0.3) is 0 Å². The Labute approximate surface area is 101 Å². The lowest BCUT2D eigenvalue weighted by molar-refractivity contribution is 0.610. The van der Waals surface area contributed by atoms with Crippen molar-refractivity contribution in [3.63, 3.8) is 0 Å². The lowest BCUT2D eigenvalue weighted by Gasteiger charge is -2.01. The molecule has 1 heterocycles. The summed E-state index contributed by atoms with van der Waals surface area (Å²) in [5.74, 6) is 0. The van der Waals surface area contributed by atoms with Crippen LogP contribution in [0.2, 0.25) is 0 Å². The van der Waals surface area contributed by atoms with Crippen LogP contribution in [-0.2, 0) is 6.42 Å². The summed E-state index contributed by atoms with van der Waals surface area (Å²) in [6.45, 7) is 0. The van der Waals surface area contributed by atoms with Crippen molar-refractivity contribution in [2.45, 2.75) is 44.9 Å². The molecule has 0 spiro atoms. The minimum absolute atomic E-state index is 1.16. The molecule has 0 saturated carbocycles. The summed E-state index contributed by atoms with van der Waals surface area (Å²) < 4.78 is 0. The van der Waals surface area contributed by atoms with Crippen LogP contribution >= 0.6 is 15.9 Å². The normalized spacial score (nSPS) is 10.5. The van der Waals surface area contributed by atoms with Crippen molar-refractivity contribution >= 4 is 15.9 Å². The number of hydrogen-bond donors (Lipinski definition) is 0. The number of hydrogen-bond acceptors (Lipinski definition) is 1. The minimum atomic E-state index is 1.16. The van der Waals surface area contributed by atoms with E-state index in [2.05, 4.69) is 33.0 Å². The van der Waals surface area contributed by atoms with Crippen LogP contribution in [0.5, 0.6) is 0 Å². The Kier molecular flexibility index (Phi) is 7.53. The number of alkyl halides is 1. The molecule has 0 aliphatic carbocycles. The van der Waals surface area contributed by atoms with Gasteiger partial charge >= 0.3 is 0 Å². The van der Waals surface area contributed by atoms with Crippen molar-refractivity contribution in [2.75, 3.05) is 5.33 Å². The average molecular weight is 270 g/mol. The number of aromatic nitrogens is 1. The fraction of sp³-hybridized carbons (Fsp3) is 0.615. The van der Waals surface area contributed by atoms with E-state index in [1.165, 1.54) is 50.5 Å². The number of nitrogens with zero attached hydrogens (tertiary/aromatic N) is 1. The number of unbranched alkanes of at least 4 members (excludes halogenated alkanes) is 5. The van der Waals surface area contributed by atoms with Gasteiger partial charge in [-0.1, -0.05) is 41.6 Å². The van der Waals surface area contributed by atoms with Crippen molar-refractivity contribution in [2.24, 2.45) is 0 Å². The fourth-order valence-corrected chi connectivity index (χ4v) is 2.08. The third-order valence-corrected chi connectivity index (χ3v) is 3.16. The first kappa shape index (κ1) is 12.7. The molecule has 0 amide bonds. The molecular weight excluding hydrogens is 250 g/mol. The van der Waals surface area contributed by atoms with Crippen LogP contribution in [0.3, 0.4) is 0 Å². The Hall–Kier alpha value is -0.370. The molecule has 0 bridgehead atoms. The van der Waals surface area contributed by atoms with E-state index in [1.54, 1.807) is 0 Å². The molecule has 0 N–H and O–H groups in total. The van der Waals surface area contributed by atoms with Crippen LogP contribution in [0, 0.1) is 0 Å². The molecule has 0 atom stereocenters. The molecule has 1 aromatic rings. The Morgan fingerprint density at radius 3 is 2.13 bits per heavy atom. The molecule has 0 aliphatic heterocycles. The zero-order valence-electron chi connectivity index (χ0n) is 9.29. The molecule has 1 rings (SSSR count). The van der Waals surface area contributed by atoms with E-state index >= 15 is 0 Å². The quantitative estimate of drug-likeness (QED) is 0.505. The molecule has 0 saturated heterocycles. The van der Waals surface area contributed by atoms with Gasteiger partial charge < -0.3 is 0 Å². The van der Waals surface area contributed by atoms with Crippen molar-refractivity contribution in [1.29, 1.82) is 0 Å². The first-order chi connectivity index (χ1) is 7.43. The summed E-state index contributed by atoms with van der Waals surface area (Å²) in [5, 5.41) is 1.16. The van der Waals surface area contributed by atoms with Gasteiger partial charge in [0, 0.05) is 17.7 Å². The first-order valence-corrected chi connectivity index (χ1v) is 7.00. The maximum absolute atomic E-state index is 4.02. The Morgan fingerprint density at radius 2 is 1.47 bits per heavy atom. The van der Waals surface area contributed by atoms with E-state index in [-0.39, 0.29) is 0 Å². The molecule has 1 aromatic heterocycles. The monoisotopic (exact) mass is 269 g/mol. The molecule has 1 nitrogen and oxygen atoms in total. The Balaban J connectivity index is 1.93. The predicted octanol–water partition coefficient (Wildman–Crippen LogP) is 4.36. The van der Waals surface area contributed by atoms with E-state index in [0.29, 0.717) is 0 Å². The molecule has 15 heavy (non-hydrogen) atoms. The highest BCUT2D eigenvalue weighted by Crippen LogP contribution is 2.09. The number of rotatable bonds is 8. The van der Waals surface area contributed by atoms with Gasteiger partial charge in [-0.25, -0.2) is 0 Å².